The summed E-state index contributed by atoms with van der Waals surface area (Å²) in [5.74, 6) is -6.89. The molecular weight excluding hydrogens is 1650 g/mol. The molecular formula is C66H46Br2Cl4F9N9S8. The van der Waals surface area contributed by atoms with Gasteiger partial charge in [-0.25, -0.2) is 66.2 Å². The van der Waals surface area contributed by atoms with Gasteiger partial charge in [0.15, 0.2) is 23.3 Å². The molecule has 0 saturated carbocycles. The van der Waals surface area contributed by atoms with Crippen LogP contribution in [0, 0.1) is 83.4 Å². The minimum atomic E-state index is -4.29. The second-order valence-corrected chi connectivity index (χ2v) is 33.6. The molecule has 0 bridgehead atoms. The van der Waals surface area contributed by atoms with Crippen molar-refractivity contribution in [3.8, 4) is 0 Å². The molecule has 0 radical (unpaired) electrons. The highest BCUT2D eigenvalue weighted by Gasteiger charge is 2.31. The van der Waals surface area contributed by atoms with Crippen LogP contribution in [0.3, 0.4) is 0 Å². The fraction of sp³-hybridized carbons (Fsp3) is 0.152. The van der Waals surface area contributed by atoms with Crippen molar-refractivity contribution >= 4 is 251 Å². The zero-order valence-corrected chi connectivity index (χ0v) is 64.4. The first kappa shape index (κ1) is 76.5. The summed E-state index contributed by atoms with van der Waals surface area (Å²) in [4.78, 5) is 33.3. The van der Waals surface area contributed by atoms with Crippen molar-refractivity contribution in [1.82, 2.24) is 39.9 Å². The van der Waals surface area contributed by atoms with Gasteiger partial charge < -0.3 is 5.73 Å². The SMILES string of the molecule is CC(N)c1nc2ccc(F)cc2s1.Cc1nc2c(F)c(F)c(F)c(F)c2s1.Cc1nc2cc(Br)ccc2s1.Cc1nc2cc(C(F)(F)F)ccc2s1.Cc1nc2cc(Cl)c(Cl)cc2s1.Cc1nc2cc(F)ccc2s1.Cc1nc2ccc(Br)cc2s1.Cc1nc2ccc(Cl)c(Cl)c2s1. The molecule has 9 nitrogen and oxygen atoms in total. The van der Waals surface area contributed by atoms with Crippen molar-refractivity contribution in [2.24, 2.45) is 5.73 Å². The van der Waals surface area contributed by atoms with Crippen LogP contribution < -0.4 is 5.73 Å². The largest absolute Gasteiger partial charge is 0.416 e. The van der Waals surface area contributed by atoms with E-state index in [4.69, 9.17) is 52.1 Å². The first-order valence-electron chi connectivity index (χ1n) is 28.1. The summed E-state index contributed by atoms with van der Waals surface area (Å²) in [6.07, 6.45) is -4.29. The average Bonchev–Trinajstić information content (AvgIpc) is 1.55. The quantitative estimate of drug-likeness (QED) is 0.0970. The van der Waals surface area contributed by atoms with Gasteiger partial charge in [0.25, 0.3) is 0 Å². The first-order chi connectivity index (χ1) is 46.3. The molecule has 0 fully saturated rings. The molecule has 8 heterocycles. The maximum Gasteiger partial charge on any atom is 0.416 e. The van der Waals surface area contributed by atoms with Crippen LogP contribution in [0.25, 0.3) is 81.7 Å². The van der Waals surface area contributed by atoms with E-state index in [1.807, 2.05) is 77.9 Å². The zero-order chi connectivity index (χ0) is 71.2. The highest BCUT2D eigenvalue weighted by atomic mass is 79.9. The van der Waals surface area contributed by atoms with Gasteiger partial charge in [0.2, 0.25) is 0 Å². The van der Waals surface area contributed by atoms with Crippen LogP contribution >= 0.6 is 169 Å². The smallest absolute Gasteiger partial charge is 0.322 e. The van der Waals surface area contributed by atoms with Crippen molar-refractivity contribution in [1.29, 1.82) is 0 Å². The van der Waals surface area contributed by atoms with E-state index in [0.717, 1.165) is 124 Å². The Balaban J connectivity index is 0.000000131. The number of aryl methyl sites for hydroxylation is 7. The van der Waals surface area contributed by atoms with Gasteiger partial charge in [0, 0.05) is 15.0 Å². The van der Waals surface area contributed by atoms with E-state index in [9.17, 15) is 39.5 Å². The summed E-state index contributed by atoms with van der Waals surface area (Å²) in [6.45, 7) is 15.0. The lowest BCUT2D eigenvalue weighted by atomic mass is 10.2. The summed E-state index contributed by atoms with van der Waals surface area (Å²) in [6, 6.07) is 32.4. The number of rotatable bonds is 1. The van der Waals surface area contributed by atoms with Crippen LogP contribution in [0.1, 0.15) is 58.6 Å². The maximum atomic E-state index is 13.0. The van der Waals surface area contributed by atoms with Crippen LogP contribution in [0.15, 0.2) is 124 Å². The highest BCUT2D eigenvalue weighted by molar-refractivity contribution is 9.10. The summed E-state index contributed by atoms with van der Waals surface area (Å²) >= 11 is 42.2. The number of halogens is 15. The molecule has 8 aromatic carbocycles. The Labute approximate surface area is 622 Å². The summed E-state index contributed by atoms with van der Waals surface area (Å²) in [7, 11) is 0. The molecule has 8 aromatic heterocycles. The molecule has 98 heavy (non-hydrogen) atoms. The maximum absolute atomic E-state index is 13.0. The fourth-order valence-electron chi connectivity index (χ4n) is 8.58. The number of thiazole rings is 8. The number of hydrogen-bond acceptors (Lipinski definition) is 17. The predicted octanol–water partition coefficient (Wildman–Crippen LogP) is 26.5. The molecule has 2 N–H and O–H groups in total. The van der Waals surface area contributed by atoms with Gasteiger partial charge in [0.1, 0.15) is 22.2 Å². The van der Waals surface area contributed by atoms with E-state index in [2.05, 4.69) is 83.9 Å². The Morgan fingerprint density at radius 2 is 0.776 bits per heavy atom. The third-order valence-corrected chi connectivity index (χ3v) is 23.3. The highest BCUT2D eigenvalue weighted by Crippen LogP contribution is 2.37. The second-order valence-electron chi connectivity index (χ2n) is 20.5. The van der Waals surface area contributed by atoms with Gasteiger partial charge in [-0.3, -0.25) is 0 Å². The molecule has 0 saturated heterocycles. The molecule has 0 amide bonds. The van der Waals surface area contributed by atoms with Crippen molar-refractivity contribution in [3.63, 3.8) is 0 Å². The Kier molecular flexibility index (Phi) is 26.1. The van der Waals surface area contributed by atoms with Crippen LogP contribution in [-0.2, 0) is 6.18 Å². The zero-order valence-electron chi connectivity index (χ0n) is 51.6. The molecule has 0 spiro atoms. The summed E-state index contributed by atoms with van der Waals surface area (Å²) < 4.78 is 123. The van der Waals surface area contributed by atoms with Gasteiger partial charge in [-0.2, -0.15) is 13.2 Å². The third-order valence-electron chi connectivity index (χ3n) is 12.8. The van der Waals surface area contributed by atoms with E-state index in [-0.39, 0.29) is 22.4 Å². The molecule has 16 rings (SSSR count). The Morgan fingerprint density at radius 1 is 0.367 bits per heavy atom. The lowest BCUT2D eigenvalue weighted by Crippen LogP contribution is -2.03. The number of benzene rings is 8. The van der Waals surface area contributed by atoms with E-state index in [1.54, 1.807) is 87.9 Å². The molecule has 0 aliphatic heterocycles. The van der Waals surface area contributed by atoms with Crippen LogP contribution in [0.2, 0.25) is 20.1 Å². The lowest BCUT2D eigenvalue weighted by molar-refractivity contribution is -0.137. The second kappa shape index (κ2) is 33.4. The number of hydrogen-bond donors (Lipinski definition) is 1. The van der Waals surface area contributed by atoms with Crippen LogP contribution in [0.4, 0.5) is 39.5 Å². The fourth-order valence-corrected chi connectivity index (χ4v) is 17.1. The standard InChI is InChI=1S/C9H6F3NS.C9H9FN2S.2C8H6BrNS.2C8H5Cl2NS.C8H3F4NS.C8H6FNS/c1-5-13-7-4-6(9(10,11)12)2-3-8(7)14-5;1-5(11)9-12-7-3-2-6(10)4-8(7)13-9;1-5-10-7-4-6(9)2-3-8(7)11-5;1-5-10-7-3-2-6(9)4-8(7)11-5;1-4-11-7-2-5(9)6(10)3-8(7)12-4;1-4-11-6-3-2-5(9)7(10)8(6)12-4;1-2-13-7-5(11)3(9)4(10)6(12)8(7)14-2;1-5-10-7-4-6(9)2-3-8(7)11-5/h2-4H,1H3;2-5H,11H2,1H3;2*2-4H,1H3;2*2-3H,1H3;1H3;2-4H,1H3. The van der Waals surface area contributed by atoms with Crippen molar-refractivity contribution in [3.05, 3.63) is 225 Å². The molecule has 508 valence electrons. The normalized spacial score (nSPS) is 11.4. The molecule has 32 heteroatoms. The number of aromatic nitrogens is 8. The van der Waals surface area contributed by atoms with E-state index in [1.165, 1.54) is 69.3 Å². The predicted molar refractivity (Wildman–Crippen MR) is 403 cm³/mol. The van der Waals surface area contributed by atoms with Crippen LogP contribution in [0.5, 0.6) is 0 Å². The van der Waals surface area contributed by atoms with Gasteiger partial charge in [-0.15, -0.1) is 90.7 Å². The molecule has 0 aliphatic rings. The topological polar surface area (TPSA) is 129 Å². The van der Waals surface area contributed by atoms with Gasteiger partial charge in [-0.1, -0.05) is 78.3 Å². The van der Waals surface area contributed by atoms with E-state index in [0.29, 0.717) is 30.6 Å². The molecule has 16 aromatic rings. The van der Waals surface area contributed by atoms with Gasteiger partial charge in [0.05, 0.1) is 143 Å². The average molecular weight is 1690 g/mol. The van der Waals surface area contributed by atoms with Gasteiger partial charge >= 0.3 is 6.18 Å². The molecule has 1 unspecified atom stereocenters. The number of alkyl halides is 3. The van der Waals surface area contributed by atoms with E-state index < -0.39 is 40.5 Å². The first-order valence-corrected chi connectivity index (χ1v) is 37.8. The van der Waals surface area contributed by atoms with Crippen LogP contribution in [-0.4, -0.2) is 39.9 Å². The monoisotopic (exact) mass is 1690 g/mol. The number of fused-ring (bicyclic) bond motifs is 8. The van der Waals surface area contributed by atoms with Crippen molar-refractivity contribution in [2.45, 2.75) is 67.6 Å². The minimum absolute atomic E-state index is 0.0829. The van der Waals surface area contributed by atoms with E-state index >= 15 is 0 Å². The Hall–Kier alpha value is -5.67. The summed E-state index contributed by atoms with van der Waals surface area (Å²) in [5.41, 5.74) is 10.6. The Bertz CT molecular complexity index is 5250. The summed E-state index contributed by atoms with van der Waals surface area (Å²) in [5, 5.41) is 9.59. The third kappa shape index (κ3) is 19.9. The van der Waals surface area contributed by atoms with Crippen molar-refractivity contribution in [2.75, 3.05) is 0 Å². The number of nitrogens with zero attached hydrogens (tertiary/aromatic N) is 8. The minimum Gasteiger partial charge on any atom is -0.322 e. The van der Waals surface area contributed by atoms with Crippen molar-refractivity contribution < 1.29 is 39.5 Å². The molecule has 0 aliphatic carbocycles. The lowest BCUT2D eigenvalue weighted by Gasteiger charge is -2.04. The van der Waals surface area contributed by atoms with Gasteiger partial charge in [-0.05, 0) is 165 Å². The number of nitrogens with two attached hydrogens (primary N) is 1. The Morgan fingerprint density at radius 3 is 1.39 bits per heavy atom. The molecule has 1 atom stereocenters.